The van der Waals surface area contributed by atoms with Gasteiger partial charge < -0.3 is 10.2 Å². The first-order valence-corrected chi connectivity index (χ1v) is 9.54. The molecule has 0 saturated carbocycles. The Kier molecular flexibility index (Phi) is 4.97. The van der Waals surface area contributed by atoms with Crippen LogP contribution < -0.4 is 10.0 Å². The summed E-state index contributed by atoms with van der Waals surface area (Å²) in [7, 11) is -0.245. The van der Waals surface area contributed by atoms with E-state index in [-0.39, 0.29) is 15.8 Å². The summed E-state index contributed by atoms with van der Waals surface area (Å²) in [6.45, 7) is 10.4. The summed E-state index contributed by atoms with van der Waals surface area (Å²) >= 11 is 0. The van der Waals surface area contributed by atoms with Crippen LogP contribution in [0.5, 0.6) is 0 Å². The van der Waals surface area contributed by atoms with Crippen molar-refractivity contribution in [3.63, 3.8) is 0 Å². The summed E-state index contributed by atoms with van der Waals surface area (Å²) in [5.41, 5.74) is 1.14. The van der Waals surface area contributed by atoms with Crippen LogP contribution in [0.25, 0.3) is 0 Å². The van der Waals surface area contributed by atoms with Gasteiger partial charge in [0.1, 0.15) is 0 Å². The van der Waals surface area contributed by atoms with E-state index in [4.69, 9.17) is 0 Å². The van der Waals surface area contributed by atoms with Crippen molar-refractivity contribution in [2.24, 2.45) is 10.4 Å². The van der Waals surface area contributed by atoms with Gasteiger partial charge >= 0.3 is 0 Å². The number of nitrogens with one attached hydrogen (secondary N) is 2. The van der Waals surface area contributed by atoms with Crippen molar-refractivity contribution in [1.82, 2.24) is 14.9 Å². The lowest BCUT2D eigenvalue weighted by atomic mass is 9.65. The standard InChI is InChI=1S/C17H28N4O2S/c1-16(2)12-21(17(16,3)4)15(18-5)20-11-13-8-7-9-14(10-13)24(22,23)19-6/h7-10,19H,11-12H2,1-6H3,(H,18,20). The van der Waals surface area contributed by atoms with Crippen LogP contribution in [-0.2, 0) is 16.6 Å². The second-order valence-electron chi connectivity index (χ2n) is 7.28. The van der Waals surface area contributed by atoms with Crippen LogP contribution in [0.4, 0.5) is 0 Å². The minimum Gasteiger partial charge on any atom is -0.352 e. The lowest BCUT2D eigenvalue weighted by Gasteiger charge is -2.62. The average Bonchev–Trinajstić information content (AvgIpc) is 2.54. The van der Waals surface area contributed by atoms with Crippen LogP contribution in [-0.4, -0.2) is 45.5 Å². The number of aliphatic imine (C=N–C) groups is 1. The topological polar surface area (TPSA) is 73.8 Å². The Balaban J connectivity index is 2.10. The van der Waals surface area contributed by atoms with Gasteiger partial charge in [-0.25, -0.2) is 13.1 Å². The highest BCUT2D eigenvalue weighted by atomic mass is 32.2. The van der Waals surface area contributed by atoms with E-state index in [2.05, 4.69) is 47.6 Å². The maximum Gasteiger partial charge on any atom is 0.240 e. The predicted molar refractivity (Wildman–Crippen MR) is 97.5 cm³/mol. The Morgan fingerprint density at radius 3 is 2.46 bits per heavy atom. The third-order valence-electron chi connectivity index (χ3n) is 5.28. The van der Waals surface area contributed by atoms with Gasteiger partial charge in [0, 0.05) is 31.1 Å². The van der Waals surface area contributed by atoms with Gasteiger partial charge in [-0.1, -0.05) is 26.0 Å². The molecule has 2 N–H and O–H groups in total. The molecular weight excluding hydrogens is 324 g/mol. The molecule has 1 aromatic rings. The van der Waals surface area contributed by atoms with Gasteiger partial charge in [-0.2, -0.15) is 0 Å². The first-order chi connectivity index (χ1) is 11.0. The fraction of sp³-hybridized carbons (Fsp3) is 0.588. The van der Waals surface area contributed by atoms with Gasteiger partial charge in [0.15, 0.2) is 5.96 Å². The summed E-state index contributed by atoms with van der Waals surface area (Å²) in [6.07, 6.45) is 0. The van der Waals surface area contributed by atoms with E-state index >= 15 is 0 Å². The summed E-state index contributed by atoms with van der Waals surface area (Å²) in [5.74, 6) is 0.834. The number of likely N-dealkylation sites (tertiary alicyclic amines) is 1. The zero-order valence-electron chi connectivity index (χ0n) is 15.3. The zero-order valence-corrected chi connectivity index (χ0v) is 16.2. The molecule has 0 amide bonds. The van der Waals surface area contributed by atoms with E-state index in [0.29, 0.717) is 6.54 Å². The molecule has 1 aliphatic heterocycles. The maximum absolute atomic E-state index is 11.9. The molecule has 0 aromatic heterocycles. The van der Waals surface area contributed by atoms with Crippen molar-refractivity contribution < 1.29 is 8.42 Å². The Morgan fingerprint density at radius 2 is 1.96 bits per heavy atom. The smallest absolute Gasteiger partial charge is 0.240 e. The van der Waals surface area contributed by atoms with E-state index in [1.807, 2.05) is 6.07 Å². The minimum atomic E-state index is -3.43. The molecule has 7 heteroatoms. The van der Waals surface area contributed by atoms with E-state index in [1.54, 1.807) is 25.2 Å². The van der Waals surface area contributed by atoms with Gasteiger partial charge in [0.05, 0.1) is 4.90 Å². The lowest BCUT2D eigenvalue weighted by molar-refractivity contribution is -0.0667. The van der Waals surface area contributed by atoms with Gasteiger partial charge in [0.2, 0.25) is 10.0 Å². The van der Waals surface area contributed by atoms with Crippen LogP contribution in [0.2, 0.25) is 0 Å². The molecule has 0 aliphatic carbocycles. The quantitative estimate of drug-likeness (QED) is 0.640. The molecule has 0 bridgehead atoms. The Bertz CT molecular complexity index is 739. The Hall–Kier alpha value is -1.60. The molecule has 134 valence electrons. The number of hydrogen-bond acceptors (Lipinski definition) is 3. The summed E-state index contributed by atoms with van der Waals surface area (Å²) < 4.78 is 26.1. The molecule has 1 fully saturated rings. The van der Waals surface area contributed by atoms with Crippen LogP contribution >= 0.6 is 0 Å². The fourth-order valence-electron chi connectivity index (χ4n) is 2.82. The van der Waals surface area contributed by atoms with E-state index < -0.39 is 10.0 Å². The van der Waals surface area contributed by atoms with Crippen LogP contribution in [0.3, 0.4) is 0 Å². The summed E-state index contributed by atoms with van der Waals surface area (Å²) in [4.78, 5) is 6.89. The number of hydrogen-bond donors (Lipinski definition) is 2. The van der Waals surface area contributed by atoms with Crippen molar-refractivity contribution in [3.05, 3.63) is 29.8 Å². The number of rotatable bonds is 4. The van der Waals surface area contributed by atoms with E-state index in [0.717, 1.165) is 18.1 Å². The van der Waals surface area contributed by atoms with Gasteiger partial charge in [0.25, 0.3) is 0 Å². The fourth-order valence-corrected chi connectivity index (χ4v) is 3.62. The number of guanidine groups is 1. The molecule has 2 rings (SSSR count). The molecule has 0 spiro atoms. The van der Waals surface area contributed by atoms with Gasteiger partial charge in [-0.3, -0.25) is 4.99 Å². The minimum absolute atomic E-state index is 0.0200. The van der Waals surface area contributed by atoms with Crippen molar-refractivity contribution in [3.8, 4) is 0 Å². The molecule has 1 aromatic carbocycles. The van der Waals surface area contributed by atoms with E-state index in [1.165, 1.54) is 7.05 Å². The highest BCUT2D eigenvalue weighted by molar-refractivity contribution is 7.89. The van der Waals surface area contributed by atoms with Gasteiger partial charge in [-0.15, -0.1) is 0 Å². The SMILES string of the molecule is CN=C(NCc1cccc(S(=O)(=O)NC)c1)N1CC(C)(C)C1(C)C. The first kappa shape index (κ1) is 18.7. The second kappa shape index (κ2) is 6.37. The molecule has 1 aliphatic rings. The van der Waals surface area contributed by atoms with E-state index in [9.17, 15) is 8.42 Å². The summed E-state index contributed by atoms with van der Waals surface area (Å²) in [5, 5.41) is 3.34. The lowest BCUT2D eigenvalue weighted by Crippen LogP contribution is -2.72. The molecule has 24 heavy (non-hydrogen) atoms. The molecule has 0 unspecified atom stereocenters. The molecule has 1 heterocycles. The number of benzene rings is 1. The molecule has 0 atom stereocenters. The summed E-state index contributed by atoms with van der Waals surface area (Å²) in [6, 6.07) is 6.92. The maximum atomic E-state index is 11.9. The van der Waals surface area contributed by atoms with Crippen molar-refractivity contribution in [2.45, 2.75) is 44.7 Å². The first-order valence-electron chi connectivity index (χ1n) is 8.06. The van der Waals surface area contributed by atoms with Crippen LogP contribution in [0.1, 0.15) is 33.3 Å². The molecule has 6 nitrogen and oxygen atoms in total. The van der Waals surface area contributed by atoms with Crippen molar-refractivity contribution in [1.29, 1.82) is 0 Å². The Labute approximate surface area is 145 Å². The number of sulfonamides is 1. The molecular formula is C17H28N4O2S. The van der Waals surface area contributed by atoms with Crippen molar-refractivity contribution in [2.75, 3.05) is 20.6 Å². The van der Waals surface area contributed by atoms with Crippen molar-refractivity contribution >= 4 is 16.0 Å². The molecule has 1 saturated heterocycles. The zero-order chi connectivity index (χ0) is 18.2. The molecule has 0 radical (unpaired) electrons. The van der Waals surface area contributed by atoms with Crippen LogP contribution in [0.15, 0.2) is 34.2 Å². The average molecular weight is 353 g/mol. The number of nitrogens with zero attached hydrogens (tertiary/aromatic N) is 2. The monoisotopic (exact) mass is 352 g/mol. The Morgan fingerprint density at radius 1 is 1.29 bits per heavy atom. The normalized spacial score (nSPS) is 19.8. The highest BCUT2D eigenvalue weighted by Gasteiger charge is 2.53. The predicted octanol–water partition coefficient (Wildman–Crippen LogP) is 1.79. The highest BCUT2D eigenvalue weighted by Crippen LogP contribution is 2.46. The third-order valence-corrected chi connectivity index (χ3v) is 6.69. The van der Waals surface area contributed by atoms with Gasteiger partial charge in [-0.05, 0) is 38.6 Å². The second-order valence-corrected chi connectivity index (χ2v) is 9.17. The van der Waals surface area contributed by atoms with Crippen LogP contribution in [0, 0.1) is 5.41 Å². The largest absolute Gasteiger partial charge is 0.352 e. The third kappa shape index (κ3) is 3.28.